The standard InChI is InChI=1S/C12H17BrF3N3O2/c1-7-9(13)10(12(14,15)16)18-19(7)8(2)11(20)17-5-4-6-21-3/h8H,4-6H2,1-3H3,(H,17,20). The van der Waals surface area contributed by atoms with Crippen molar-refractivity contribution in [3.8, 4) is 0 Å². The monoisotopic (exact) mass is 371 g/mol. The lowest BCUT2D eigenvalue weighted by Crippen LogP contribution is -2.33. The highest BCUT2D eigenvalue weighted by Gasteiger charge is 2.38. The van der Waals surface area contributed by atoms with Gasteiger partial charge in [0.25, 0.3) is 0 Å². The van der Waals surface area contributed by atoms with Gasteiger partial charge in [-0.15, -0.1) is 0 Å². The Labute approximate surface area is 129 Å². The number of nitrogens with one attached hydrogen (secondary N) is 1. The van der Waals surface area contributed by atoms with E-state index in [2.05, 4.69) is 26.3 Å². The first-order valence-electron chi connectivity index (χ1n) is 6.28. The van der Waals surface area contributed by atoms with Gasteiger partial charge in [-0.3, -0.25) is 9.48 Å². The van der Waals surface area contributed by atoms with E-state index in [-0.39, 0.29) is 10.2 Å². The van der Waals surface area contributed by atoms with Crippen molar-refractivity contribution in [1.82, 2.24) is 15.1 Å². The summed E-state index contributed by atoms with van der Waals surface area (Å²) in [6.07, 6.45) is -3.94. The second kappa shape index (κ2) is 7.26. The first kappa shape index (κ1) is 18.0. The molecule has 0 fully saturated rings. The Bertz CT molecular complexity index is 503. The minimum Gasteiger partial charge on any atom is -0.385 e. The summed E-state index contributed by atoms with van der Waals surface area (Å²) in [4.78, 5) is 11.9. The van der Waals surface area contributed by atoms with E-state index in [1.165, 1.54) is 13.8 Å². The maximum atomic E-state index is 12.8. The number of alkyl halides is 3. The number of carbonyl (C=O) groups is 1. The van der Waals surface area contributed by atoms with Crippen molar-refractivity contribution < 1.29 is 22.7 Å². The summed E-state index contributed by atoms with van der Waals surface area (Å²) < 4.78 is 44.1. The molecule has 0 radical (unpaired) electrons. The van der Waals surface area contributed by atoms with Crippen molar-refractivity contribution >= 4 is 21.8 Å². The maximum absolute atomic E-state index is 12.8. The Kier molecular flexibility index (Phi) is 6.21. The molecule has 0 bridgehead atoms. The Morgan fingerprint density at radius 3 is 2.62 bits per heavy atom. The molecule has 9 heteroatoms. The highest BCUT2D eigenvalue weighted by molar-refractivity contribution is 9.10. The van der Waals surface area contributed by atoms with Crippen LogP contribution in [0.1, 0.15) is 30.8 Å². The van der Waals surface area contributed by atoms with Crippen molar-refractivity contribution in [2.45, 2.75) is 32.5 Å². The van der Waals surface area contributed by atoms with Crippen LogP contribution in [0.2, 0.25) is 0 Å². The van der Waals surface area contributed by atoms with E-state index < -0.39 is 23.8 Å². The molecule has 1 heterocycles. The molecule has 21 heavy (non-hydrogen) atoms. The smallest absolute Gasteiger partial charge is 0.385 e. The molecule has 0 aliphatic heterocycles. The SMILES string of the molecule is COCCCNC(=O)C(C)n1nc(C(F)(F)F)c(Br)c1C. The number of carbonyl (C=O) groups excluding carboxylic acids is 1. The molecule has 0 saturated carbocycles. The van der Waals surface area contributed by atoms with Gasteiger partial charge in [-0.1, -0.05) is 0 Å². The quantitative estimate of drug-likeness (QED) is 0.782. The van der Waals surface area contributed by atoms with E-state index in [0.29, 0.717) is 19.6 Å². The molecule has 1 aromatic heterocycles. The van der Waals surface area contributed by atoms with Crippen molar-refractivity contribution in [2.24, 2.45) is 0 Å². The molecule has 0 aliphatic rings. The fourth-order valence-corrected chi connectivity index (χ4v) is 2.23. The number of halogens is 4. The zero-order chi connectivity index (χ0) is 16.2. The largest absolute Gasteiger partial charge is 0.436 e. The summed E-state index contributed by atoms with van der Waals surface area (Å²) in [7, 11) is 1.55. The Morgan fingerprint density at radius 1 is 1.52 bits per heavy atom. The highest BCUT2D eigenvalue weighted by Crippen LogP contribution is 2.36. The van der Waals surface area contributed by atoms with Crippen molar-refractivity contribution in [2.75, 3.05) is 20.3 Å². The average molecular weight is 372 g/mol. The molecule has 1 N–H and O–H groups in total. The molecule has 0 aliphatic carbocycles. The maximum Gasteiger partial charge on any atom is 0.436 e. The van der Waals surface area contributed by atoms with Gasteiger partial charge >= 0.3 is 6.18 Å². The summed E-state index contributed by atoms with van der Waals surface area (Å²) >= 11 is 2.88. The van der Waals surface area contributed by atoms with Crippen LogP contribution in [0, 0.1) is 6.92 Å². The predicted molar refractivity (Wildman–Crippen MR) is 73.9 cm³/mol. The van der Waals surface area contributed by atoms with E-state index in [1.807, 2.05) is 0 Å². The number of aromatic nitrogens is 2. The van der Waals surface area contributed by atoms with Crippen molar-refractivity contribution in [1.29, 1.82) is 0 Å². The van der Waals surface area contributed by atoms with E-state index >= 15 is 0 Å². The Hall–Kier alpha value is -1.09. The van der Waals surface area contributed by atoms with Crippen LogP contribution in [0.3, 0.4) is 0 Å². The minimum atomic E-state index is -4.57. The molecular weight excluding hydrogens is 355 g/mol. The molecule has 1 unspecified atom stereocenters. The van der Waals surface area contributed by atoms with Gasteiger partial charge in [0, 0.05) is 20.3 Å². The summed E-state index contributed by atoms with van der Waals surface area (Å²) in [6, 6.07) is -0.833. The first-order chi connectivity index (χ1) is 9.70. The second-order valence-corrected chi connectivity index (χ2v) is 5.30. The topological polar surface area (TPSA) is 56.1 Å². The molecule has 5 nitrogen and oxygen atoms in total. The summed E-state index contributed by atoms with van der Waals surface area (Å²) in [5, 5.41) is 6.14. The van der Waals surface area contributed by atoms with Gasteiger partial charge in [-0.05, 0) is 36.2 Å². The molecule has 1 atom stereocenters. The molecule has 1 rings (SSSR count). The van der Waals surface area contributed by atoms with Crippen molar-refractivity contribution in [3.63, 3.8) is 0 Å². The number of amides is 1. The number of hydrogen-bond acceptors (Lipinski definition) is 3. The number of nitrogens with zero attached hydrogens (tertiary/aromatic N) is 2. The normalized spacial score (nSPS) is 13.3. The summed E-state index contributed by atoms with van der Waals surface area (Å²) in [5.41, 5.74) is -0.777. The molecule has 0 aromatic carbocycles. The van der Waals surface area contributed by atoms with Gasteiger partial charge in [0.1, 0.15) is 6.04 Å². The number of methoxy groups -OCH3 is 1. The van der Waals surface area contributed by atoms with Crippen LogP contribution in [-0.4, -0.2) is 35.9 Å². The van der Waals surface area contributed by atoms with E-state index in [0.717, 1.165) is 4.68 Å². The lowest BCUT2D eigenvalue weighted by Gasteiger charge is -2.14. The van der Waals surface area contributed by atoms with Crippen LogP contribution in [-0.2, 0) is 15.7 Å². The second-order valence-electron chi connectivity index (χ2n) is 4.50. The van der Waals surface area contributed by atoms with Crippen LogP contribution >= 0.6 is 15.9 Å². The Balaban J connectivity index is 2.83. The van der Waals surface area contributed by atoms with Gasteiger partial charge < -0.3 is 10.1 Å². The molecule has 120 valence electrons. The lowest BCUT2D eigenvalue weighted by atomic mass is 10.3. The zero-order valence-electron chi connectivity index (χ0n) is 11.9. The predicted octanol–water partition coefficient (Wildman–Crippen LogP) is 2.69. The fourth-order valence-electron chi connectivity index (χ4n) is 1.74. The zero-order valence-corrected chi connectivity index (χ0v) is 13.5. The lowest BCUT2D eigenvalue weighted by molar-refractivity contribution is -0.142. The molecule has 0 saturated heterocycles. The van der Waals surface area contributed by atoms with Gasteiger partial charge in [-0.2, -0.15) is 18.3 Å². The Morgan fingerprint density at radius 2 is 2.14 bits per heavy atom. The summed E-state index contributed by atoms with van der Waals surface area (Å²) in [5.74, 6) is -0.391. The molecule has 1 amide bonds. The van der Waals surface area contributed by atoms with Crippen LogP contribution in [0.15, 0.2) is 4.47 Å². The third kappa shape index (κ3) is 4.44. The van der Waals surface area contributed by atoms with E-state index in [9.17, 15) is 18.0 Å². The van der Waals surface area contributed by atoms with Crippen LogP contribution < -0.4 is 5.32 Å². The van der Waals surface area contributed by atoms with Gasteiger partial charge in [0.15, 0.2) is 5.69 Å². The van der Waals surface area contributed by atoms with Gasteiger partial charge in [0.2, 0.25) is 5.91 Å². The first-order valence-corrected chi connectivity index (χ1v) is 7.07. The molecule has 0 spiro atoms. The van der Waals surface area contributed by atoms with Gasteiger partial charge in [0.05, 0.1) is 10.2 Å². The fraction of sp³-hybridized carbons (Fsp3) is 0.667. The average Bonchev–Trinajstić information content (AvgIpc) is 2.70. The van der Waals surface area contributed by atoms with E-state index in [4.69, 9.17) is 4.74 Å². The van der Waals surface area contributed by atoms with Crippen LogP contribution in [0.25, 0.3) is 0 Å². The van der Waals surface area contributed by atoms with Crippen molar-refractivity contribution in [3.05, 3.63) is 15.9 Å². The third-order valence-corrected chi connectivity index (χ3v) is 3.87. The third-order valence-electron chi connectivity index (χ3n) is 2.92. The minimum absolute atomic E-state index is 0.144. The van der Waals surface area contributed by atoms with Crippen LogP contribution in [0.5, 0.6) is 0 Å². The number of hydrogen-bond donors (Lipinski definition) is 1. The molecule has 1 aromatic rings. The molecular formula is C12H17BrF3N3O2. The highest BCUT2D eigenvalue weighted by atomic mass is 79.9. The number of rotatable bonds is 6. The van der Waals surface area contributed by atoms with Crippen LogP contribution in [0.4, 0.5) is 13.2 Å². The van der Waals surface area contributed by atoms with Gasteiger partial charge in [-0.25, -0.2) is 0 Å². The summed E-state index contributed by atoms with van der Waals surface area (Å²) in [6.45, 7) is 3.86. The number of ether oxygens (including phenoxy) is 1. The van der Waals surface area contributed by atoms with E-state index in [1.54, 1.807) is 7.11 Å².